The molecule has 4 rings (SSSR count). The molecule has 0 aliphatic carbocycles. The molecule has 1 unspecified atom stereocenters. The van der Waals surface area contributed by atoms with E-state index < -0.39 is 12.3 Å². The first-order chi connectivity index (χ1) is 16.1. The zero-order chi connectivity index (χ0) is 24.5. The zero-order valence-electron chi connectivity index (χ0n) is 21.1. The van der Waals surface area contributed by atoms with E-state index in [0.29, 0.717) is 37.7 Å². The molecule has 1 atom stereocenters. The fourth-order valence-corrected chi connectivity index (χ4v) is 3.76. The van der Waals surface area contributed by atoms with Gasteiger partial charge in [-0.15, -0.1) is 0 Å². The highest BCUT2D eigenvalue weighted by molar-refractivity contribution is 6.03. The molecule has 2 aliphatic rings. The summed E-state index contributed by atoms with van der Waals surface area (Å²) in [4.78, 5) is 24.8. The lowest BCUT2D eigenvalue weighted by Crippen LogP contribution is -2.39. The number of nitrogens with zero attached hydrogens (tertiary/aromatic N) is 4. The fourth-order valence-electron chi connectivity index (χ4n) is 3.76. The van der Waals surface area contributed by atoms with Gasteiger partial charge < -0.3 is 20.7 Å². The van der Waals surface area contributed by atoms with E-state index in [-0.39, 0.29) is 30.8 Å². The maximum absolute atomic E-state index is 12.3. The van der Waals surface area contributed by atoms with E-state index in [2.05, 4.69) is 22.2 Å². The quantitative estimate of drug-likeness (QED) is 0.625. The Labute approximate surface area is 188 Å². The standard InChI is InChI=1S/C23H32N6O2/c1-3-4-11-31-23-26-21(24)20-22(27-23)29(15-19(30)25-20)14-18-7-5-17(6-8-18)13-28-10-9-16(2)12-28/h5-8,16H,3-4,9-15H2,1-2H3,(H,25,30)(H2,24,26,27)/i9D2,16D. The van der Waals surface area contributed by atoms with E-state index in [1.807, 2.05) is 34.1 Å². The number of ether oxygens (including phenoxy) is 1. The van der Waals surface area contributed by atoms with Gasteiger partial charge in [0.2, 0.25) is 5.91 Å². The van der Waals surface area contributed by atoms with Gasteiger partial charge in [0, 0.05) is 23.7 Å². The molecule has 0 spiro atoms. The molecule has 2 aromatic rings. The van der Waals surface area contributed by atoms with Crippen LogP contribution in [0.1, 0.15) is 48.3 Å². The van der Waals surface area contributed by atoms with Gasteiger partial charge in [0.25, 0.3) is 0 Å². The van der Waals surface area contributed by atoms with Crippen molar-refractivity contribution in [1.82, 2.24) is 14.9 Å². The Morgan fingerprint density at radius 1 is 1.29 bits per heavy atom. The van der Waals surface area contributed by atoms with Crippen LogP contribution < -0.4 is 20.7 Å². The average molecular weight is 428 g/mol. The molecule has 3 heterocycles. The predicted octanol–water partition coefficient (Wildman–Crippen LogP) is 3.04. The molecule has 0 bridgehead atoms. The Bertz CT molecular complexity index is 1030. The minimum atomic E-state index is -1.53. The van der Waals surface area contributed by atoms with E-state index in [0.717, 1.165) is 24.0 Å². The SMILES string of the molecule is [2H]C1([2H])CN(Cc2ccc(CN3CC(=O)Nc4c(N)nc(OCCCC)nc43)cc2)CC1([2H])C. The summed E-state index contributed by atoms with van der Waals surface area (Å²) in [5.74, 6) is -0.577. The number of nitrogens with one attached hydrogen (secondary N) is 1. The van der Waals surface area contributed by atoms with Crippen molar-refractivity contribution in [3.63, 3.8) is 0 Å². The molecular weight excluding hydrogens is 392 g/mol. The van der Waals surface area contributed by atoms with E-state index in [4.69, 9.17) is 14.6 Å². The average Bonchev–Trinajstić information content (AvgIpc) is 2.96. The van der Waals surface area contributed by atoms with Crippen LogP contribution in [0.2, 0.25) is 0 Å². The Kier molecular flexibility index (Phi) is 5.45. The van der Waals surface area contributed by atoms with Crippen LogP contribution in [0.5, 0.6) is 6.01 Å². The summed E-state index contributed by atoms with van der Waals surface area (Å²) < 4.78 is 30.0. The highest BCUT2D eigenvalue weighted by Crippen LogP contribution is 2.34. The van der Waals surface area contributed by atoms with Crippen LogP contribution >= 0.6 is 0 Å². The molecule has 3 N–H and O–H groups in total. The molecule has 31 heavy (non-hydrogen) atoms. The summed E-state index contributed by atoms with van der Waals surface area (Å²) >= 11 is 0. The molecule has 1 aromatic heterocycles. The van der Waals surface area contributed by atoms with Gasteiger partial charge in [-0.1, -0.05) is 44.5 Å². The number of unbranched alkanes of at least 4 members (excludes halogenated alkanes) is 1. The van der Waals surface area contributed by atoms with Gasteiger partial charge in [-0.25, -0.2) is 0 Å². The minimum absolute atomic E-state index is 0.143. The molecule has 1 saturated heterocycles. The van der Waals surface area contributed by atoms with Crippen molar-refractivity contribution < 1.29 is 13.6 Å². The number of carbonyl (C=O) groups is 1. The van der Waals surface area contributed by atoms with E-state index in [1.165, 1.54) is 0 Å². The number of hydrogen-bond donors (Lipinski definition) is 2. The van der Waals surface area contributed by atoms with Gasteiger partial charge in [-0.3, -0.25) is 9.69 Å². The molecular formula is C23H32N6O2. The lowest BCUT2D eigenvalue weighted by atomic mass is 10.1. The molecule has 0 saturated carbocycles. The lowest BCUT2D eigenvalue weighted by molar-refractivity contribution is -0.115. The van der Waals surface area contributed by atoms with Gasteiger partial charge in [0.1, 0.15) is 5.69 Å². The Hall–Kier alpha value is -2.87. The smallest absolute Gasteiger partial charge is 0.320 e. The number of likely N-dealkylation sites (tertiary alicyclic amines) is 1. The third-order valence-electron chi connectivity index (χ3n) is 5.39. The molecule has 1 amide bonds. The number of fused-ring (bicyclic) bond motifs is 1. The van der Waals surface area contributed by atoms with Crippen LogP contribution in [-0.4, -0.2) is 47.0 Å². The summed E-state index contributed by atoms with van der Waals surface area (Å²) in [5.41, 5.74) is 8.53. The minimum Gasteiger partial charge on any atom is -0.463 e. The lowest BCUT2D eigenvalue weighted by Gasteiger charge is -2.30. The number of nitrogen functional groups attached to an aromatic ring is 1. The third kappa shape index (κ3) is 5.25. The third-order valence-corrected chi connectivity index (χ3v) is 5.39. The van der Waals surface area contributed by atoms with Gasteiger partial charge in [0.05, 0.1) is 13.2 Å². The normalized spacial score (nSPS) is 24.1. The number of benzene rings is 1. The highest BCUT2D eigenvalue weighted by Gasteiger charge is 2.27. The number of anilines is 3. The number of amides is 1. The van der Waals surface area contributed by atoms with Crippen LogP contribution in [0.3, 0.4) is 0 Å². The van der Waals surface area contributed by atoms with Gasteiger partial charge in [-0.2, -0.15) is 9.97 Å². The largest absolute Gasteiger partial charge is 0.463 e. The molecule has 1 aromatic carbocycles. The number of rotatable bonds is 8. The van der Waals surface area contributed by atoms with Gasteiger partial charge in [-0.05, 0) is 36.4 Å². The molecule has 8 nitrogen and oxygen atoms in total. The van der Waals surface area contributed by atoms with Gasteiger partial charge in [0.15, 0.2) is 11.6 Å². The van der Waals surface area contributed by atoms with Crippen LogP contribution in [0, 0.1) is 5.89 Å². The predicted molar refractivity (Wildman–Crippen MR) is 122 cm³/mol. The first-order valence-corrected chi connectivity index (χ1v) is 10.7. The Morgan fingerprint density at radius 2 is 2.03 bits per heavy atom. The topological polar surface area (TPSA) is 96.6 Å². The van der Waals surface area contributed by atoms with Crippen molar-refractivity contribution in [3.05, 3.63) is 35.4 Å². The van der Waals surface area contributed by atoms with Crippen molar-refractivity contribution >= 4 is 23.2 Å². The summed E-state index contributed by atoms with van der Waals surface area (Å²) in [6.07, 6.45) is 0.347. The van der Waals surface area contributed by atoms with Crippen molar-refractivity contribution in [2.45, 2.75) is 46.2 Å². The number of nitrogens with two attached hydrogens (primary N) is 1. The maximum Gasteiger partial charge on any atom is 0.320 e. The Morgan fingerprint density at radius 3 is 2.71 bits per heavy atom. The fraction of sp³-hybridized carbons (Fsp3) is 0.522. The Balaban J connectivity index is 1.46. The van der Waals surface area contributed by atoms with Crippen LogP contribution in [-0.2, 0) is 17.9 Å². The molecule has 166 valence electrons. The van der Waals surface area contributed by atoms with E-state index in [1.54, 1.807) is 6.92 Å². The van der Waals surface area contributed by atoms with Crippen LogP contribution in [0.4, 0.5) is 17.3 Å². The summed E-state index contributed by atoms with van der Waals surface area (Å²) in [7, 11) is 0. The zero-order valence-corrected chi connectivity index (χ0v) is 18.1. The molecule has 0 radical (unpaired) electrons. The van der Waals surface area contributed by atoms with Crippen LogP contribution in [0.15, 0.2) is 24.3 Å². The van der Waals surface area contributed by atoms with E-state index >= 15 is 0 Å². The summed E-state index contributed by atoms with van der Waals surface area (Å²) in [5, 5.41) is 2.76. The van der Waals surface area contributed by atoms with Crippen LogP contribution in [0.25, 0.3) is 0 Å². The van der Waals surface area contributed by atoms with Crippen molar-refractivity contribution in [3.8, 4) is 6.01 Å². The van der Waals surface area contributed by atoms with Crippen molar-refractivity contribution in [1.29, 1.82) is 0 Å². The summed E-state index contributed by atoms with van der Waals surface area (Å²) in [6.45, 7) is 6.06. The maximum atomic E-state index is 12.3. The molecule has 2 aliphatic heterocycles. The number of aromatic nitrogens is 2. The van der Waals surface area contributed by atoms with Crippen molar-refractivity contribution in [2.24, 2.45) is 5.89 Å². The van der Waals surface area contributed by atoms with Crippen molar-refractivity contribution in [2.75, 3.05) is 42.2 Å². The van der Waals surface area contributed by atoms with Gasteiger partial charge >= 0.3 is 6.01 Å². The second kappa shape index (κ2) is 9.51. The number of carbonyl (C=O) groups excluding carboxylic acids is 1. The van der Waals surface area contributed by atoms with E-state index in [9.17, 15) is 4.79 Å². The second-order valence-electron chi connectivity index (χ2n) is 8.12. The monoisotopic (exact) mass is 427 g/mol. The highest BCUT2D eigenvalue weighted by atomic mass is 16.5. The second-order valence-corrected chi connectivity index (χ2v) is 8.12. The molecule has 1 fully saturated rings. The number of hydrogen-bond acceptors (Lipinski definition) is 7. The first-order valence-electron chi connectivity index (χ1n) is 12.2. The summed E-state index contributed by atoms with van der Waals surface area (Å²) in [6, 6.07) is 8.20. The first kappa shape index (κ1) is 17.8. The molecule has 8 heteroatoms.